The van der Waals surface area contributed by atoms with E-state index < -0.39 is 0 Å². The van der Waals surface area contributed by atoms with E-state index >= 15 is 0 Å². The molecular weight excluding hydrogens is 134 g/mol. The minimum atomic E-state index is 1.19. The monoisotopic (exact) mass is 141 g/mol. The lowest BCUT2D eigenvalue weighted by Gasteiger charge is -1.81. The molecule has 0 saturated carbocycles. The van der Waals surface area contributed by atoms with Crippen molar-refractivity contribution in [3.8, 4) is 12.5 Å². The van der Waals surface area contributed by atoms with Gasteiger partial charge in [-0.2, -0.15) is 0 Å². The van der Waals surface area contributed by atoms with Gasteiger partial charge in [0.25, 0.3) is 0 Å². The van der Waals surface area contributed by atoms with Crippen molar-refractivity contribution < 1.29 is 0 Å². The first-order valence-corrected chi connectivity index (χ1v) is 3.43. The first-order chi connectivity index (χ1) is 5.40. The summed E-state index contributed by atoms with van der Waals surface area (Å²) in [6, 6.07) is 10.6. The summed E-state index contributed by atoms with van der Waals surface area (Å²) < 4.78 is 1.73. The maximum absolute atomic E-state index is 5.23. The van der Waals surface area contributed by atoms with Crippen LogP contribution in [0.15, 0.2) is 36.7 Å². The normalized spacial score (nSPS) is 9.73. The number of hydrogen-bond donors (Lipinski definition) is 0. The Hall–Kier alpha value is -1.68. The Morgan fingerprint density at radius 2 is 1.64 bits per heavy atom. The number of benzene rings is 1. The van der Waals surface area contributed by atoms with Gasteiger partial charge in [0.2, 0.25) is 0 Å². The number of fused-ring (bicyclic) bond motifs is 1. The molecule has 0 fully saturated rings. The quantitative estimate of drug-likeness (QED) is 0.495. The molecule has 0 amide bonds. The minimum absolute atomic E-state index is 1.19. The molecule has 0 aliphatic rings. The molecule has 0 aliphatic heterocycles. The van der Waals surface area contributed by atoms with Gasteiger partial charge in [-0.1, -0.05) is 30.7 Å². The van der Waals surface area contributed by atoms with Crippen LogP contribution in [-0.2, 0) is 0 Å². The van der Waals surface area contributed by atoms with Gasteiger partial charge in [-0.3, -0.25) is 4.57 Å². The van der Waals surface area contributed by atoms with Gasteiger partial charge in [0, 0.05) is 29.2 Å². The third-order valence-corrected chi connectivity index (χ3v) is 1.70. The highest BCUT2D eigenvalue weighted by atomic mass is 14.9. The number of rotatable bonds is 0. The van der Waals surface area contributed by atoms with Gasteiger partial charge < -0.3 is 0 Å². The molecule has 1 heteroatoms. The Balaban J connectivity index is 2.81. The summed E-state index contributed by atoms with van der Waals surface area (Å²) in [4.78, 5) is 0. The van der Waals surface area contributed by atoms with E-state index in [0.29, 0.717) is 0 Å². The molecule has 0 atom stereocenters. The Morgan fingerprint density at radius 3 is 2.09 bits per heavy atom. The average Bonchev–Trinajstić information content (AvgIpc) is 2.46. The zero-order chi connectivity index (χ0) is 7.68. The molecule has 2 rings (SSSR count). The molecule has 2 aromatic rings. The Morgan fingerprint density at radius 1 is 1.09 bits per heavy atom. The highest BCUT2D eigenvalue weighted by Gasteiger charge is 1.92. The van der Waals surface area contributed by atoms with Gasteiger partial charge in [0.15, 0.2) is 0 Å². The molecule has 0 N–H and O–H groups in total. The number of aromatic nitrogens is 1. The average molecular weight is 141 g/mol. The van der Waals surface area contributed by atoms with Crippen molar-refractivity contribution in [2.24, 2.45) is 0 Å². The zero-order valence-corrected chi connectivity index (χ0v) is 5.99. The molecule has 0 unspecified atom stereocenters. The predicted octanol–water partition coefficient (Wildman–Crippen LogP) is 2.08. The molecule has 1 heterocycles. The standard InChI is InChI=1S/C10H7N/c1-2-11-7-9-5-3-4-6-10(9)8-11/h1,3-8H. The maximum Gasteiger partial charge on any atom is 0.0255 e. The molecule has 0 saturated heterocycles. The van der Waals surface area contributed by atoms with E-state index in [1.165, 1.54) is 10.8 Å². The largest absolute Gasteiger partial charge is 0.283 e. The summed E-state index contributed by atoms with van der Waals surface area (Å²) in [6.45, 7) is 0. The van der Waals surface area contributed by atoms with Crippen LogP contribution in [0.3, 0.4) is 0 Å². The molecule has 52 valence electrons. The van der Waals surface area contributed by atoms with Crippen molar-refractivity contribution in [2.45, 2.75) is 0 Å². The second-order valence-corrected chi connectivity index (χ2v) is 2.42. The molecule has 1 aromatic carbocycles. The van der Waals surface area contributed by atoms with Gasteiger partial charge in [-0.05, 0) is 0 Å². The second kappa shape index (κ2) is 2.17. The summed E-state index contributed by atoms with van der Waals surface area (Å²) in [5.74, 6) is 0. The lowest BCUT2D eigenvalue weighted by molar-refractivity contribution is 1.16. The van der Waals surface area contributed by atoms with Crippen LogP contribution >= 0.6 is 0 Å². The van der Waals surface area contributed by atoms with Crippen LogP contribution in [0, 0.1) is 12.5 Å². The van der Waals surface area contributed by atoms with E-state index in [-0.39, 0.29) is 0 Å². The summed E-state index contributed by atoms with van der Waals surface area (Å²) in [5, 5.41) is 2.37. The maximum atomic E-state index is 5.23. The van der Waals surface area contributed by atoms with Crippen molar-refractivity contribution >= 4 is 10.8 Å². The van der Waals surface area contributed by atoms with Crippen molar-refractivity contribution in [3.05, 3.63) is 36.7 Å². The molecule has 11 heavy (non-hydrogen) atoms. The van der Waals surface area contributed by atoms with Crippen molar-refractivity contribution in [3.63, 3.8) is 0 Å². The highest BCUT2D eigenvalue weighted by Crippen LogP contribution is 2.13. The Bertz CT molecular complexity index is 385. The smallest absolute Gasteiger partial charge is 0.0255 e. The van der Waals surface area contributed by atoms with Crippen LogP contribution in [0.4, 0.5) is 0 Å². The molecule has 0 bridgehead atoms. The molecular formula is C10H7N. The molecule has 0 aliphatic carbocycles. The van der Waals surface area contributed by atoms with Crippen LogP contribution in [-0.4, -0.2) is 4.57 Å². The predicted molar refractivity (Wildman–Crippen MR) is 46.2 cm³/mol. The lowest BCUT2D eigenvalue weighted by Crippen LogP contribution is -1.76. The van der Waals surface area contributed by atoms with E-state index in [0.717, 1.165) is 0 Å². The fourth-order valence-electron chi connectivity index (χ4n) is 1.16. The van der Waals surface area contributed by atoms with E-state index in [9.17, 15) is 0 Å². The Labute approximate surface area is 65.3 Å². The van der Waals surface area contributed by atoms with Crippen molar-refractivity contribution in [2.75, 3.05) is 0 Å². The molecule has 1 nitrogen and oxygen atoms in total. The van der Waals surface area contributed by atoms with E-state index in [4.69, 9.17) is 6.42 Å². The topological polar surface area (TPSA) is 4.93 Å². The van der Waals surface area contributed by atoms with Crippen molar-refractivity contribution in [1.82, 2.24) is 4.57 Å². The van der Waals surface area contributed by atoms with E-state index in [2.05, 4.69) is 6.04 Å². The third kappa shape index (κ3) is 0.890. The van der Waals surface area contributed by atoms with Crippen molar-refractivity contribution in [1.29, 1.82) is 0 Å². The first-order valence-electron chi connectivity index (χ1n) is 3.43. The van der Waals surface area contributed by atoms with Crippen LogP contribution in [0.1, 0.15) is 0 Å². The molecule has 0 radical (unpaired) electrons. The Kier molecular flexibility index (Phi) is 1.20. The van der Waals surface area contributed by atoms with Gasteiger partial charge in [-0.25, -0.2) is 0 Å². The fourth-order valence-corrected chi connectivity index (χ4v) is 1.16. The fraction of sp³-hybridized carbons (Fsp3) is 0. The van der Waals surface area contributed by atoms with Gasteiger partial charge >= 0.3 is 0 Å². The third-order valence-electron chi connectivity index (χ3n) is 1.70. The SMILES string of the molecule is C#Cn1cc2ccccc2c1. The van der Waals surface area contributed by atoms with Crippen LogP contribution in [0.25, 0.3) is 10.8 Å². The molecule has 0 spiro atoms. The first kappa shape index (κ1) is 6.06. The number of nitrogens with zero attached hydrogens (tertiary/aromatic N) is 1. The summed E-state index contributed by atoms with van der Waals surface area (Å²) in [6.07, 6.45) is 9.11. The number of terminal acetylenes is 1. The van der Waals surface area contributed by atoms with Gasteiger partial charge in [-0.15, -0.1) is 0 Å². The minimum Gasteiger partial charge on any atom is -0.283 e. The van der Waals surface area contributed by atoms with E-state index in [1.54, 1.807) is 4.57 Å². The van der Waals surface area contributed by atoms with Gasteiger partial charge in [0.1, 0.15) is 0 Å². The van der Waals surface area contributed by atoms with Crippen LogP contribution < -0.4 is 0 Å². The summed E-state index contributed by atoms with van der Waals surface area (Å²) >= 11 is 0. The summed E-state index contributed by atoms with van der Waals surface area (Å²) in [5.41, 5.74) is 0. The molecule has 1 aromatic heterocycles. The second-order valence-electron chi connectivity index (χ2n) is 2.42. The highest BCUT2D eigenvalue weighted by molar-refractivity contribution is 5.82. The number of hydrogen-bond acceptors (Lipinski definition) is 0. The summed E-state index contributed by atoms with van der Waals surface area (Å²) in [7, 11) is 0. The lowest BCUT2D eigenvalue weighted by atomic mass is 10.2. The van der Waals surface area contributed by atoms with Gasteiger partial charge in [0.05, 0.1) is 0 Å². The zero-order valence-electron chi connectivity index (χ0n) is 5.99. The van der Waals surface area contributed by atoms with E-state index in [1.807, 2.05) is 36.7 Å². The van der Waals surface area contributed by atoms with Crippen LogP contribution in [0.2, 0.25) is 0 Å². The van der Waals surface area contributed by atoms with Crippen LogP contribution in [0.5, 0.6) is 0 Å².